The van der Waals surface area contributed by atoms with E-state index in [1.54, 1.807) is 4.68 Å². The molecule has 0 fully saturated rings. The molecule has 0 saturated carbocycles. The van der Waals surface area contributed by atoms with Gasteiger partial charge in [0, 0.05) is 13.0 Å². The van der Waals surface area contributed by atoms with Crippen LogP contribution >= 0.6 is 0 Å². The van der Waals surface area contributed by atoms with Crippen molar-refractivity contribution in [3.63, 3.8) is 0 Å². The molecule has 1 aliphatic rings. The van der Waals surface area contributed by atoms with Crippen LogP contribution in [0.1, 0.15) is 47.8 Å². The summed E-state index contributed by atoms with van der Waals surface area (Å²) < 4.78 is 15.4. The lowest BCUT2D eigenvalue weighted by Crippen LogP contribution is -2.33. The molecule has 132 valence electrons. The van der Waals surface area contributed by atoms with Crippen LogP contribution in [0, 0.1) is 15.9 Å². The van der Waals surface area contributed by atoms with Crippen molar-refractivity contribution in [3.8, 4) is 0 Å². The quantitative estimate of drug-likeness (QED) is 0.492. The first-order chi connectivity index (χ1) is 11.9. The highest BCUT2D eigenvalue weighted by Crippen LogP contribution is 2.28. The molecular formula is C15H17FN6O3. The van der Waals surface area contributed by atoms with Gasteiger partial charge in [-0.1, -0.05) is 6.92 Å². The van der Waals surface area contributed by atoms with Crippen LogP contribution in [0.3, 0.4) is 0 Å². The maximum atomic E-state index is 13.6. The van der Waals surface area contributed by atoms with Gasteiger partial charge in [-0.05, 0) is 18.9 Å². The van der Waals surface area contributed by atoms with Crippen LogP contribution in [0.25, 0.3) is 0 Å². The number of amides is 1. The number of hydrogen-bond donors (Lipinski definition) is 2. The van der Waals surface area contributed by atoms with E-state index in [1.165, 1.54) is 0 Å². The first kappa shape index (κ1) is 16.8. The van der Waals surface area contributed by atoms with Gasteiger partial charge in [0.1, 0.15) is 17.3 Å². The summed E-state index contributed by atoms with van der Waals surface area (Å²) in [6.07, 6.45) is 2.11. The number of nitro groups is 1. The summed E-state index contributed by atoms with van der Waals surface area (Å²) in [4.78, 5) is 27.0. The minimum Gasteiger partial charge on any atom is -0.393 e. The smallest absolute Gasteiger partial charge is 0.295 e. The number of halogens is 1. The molecule has 3 N–H and O–H groups in total. The van der Waals surface area contributed by atoms with Crippen LogP contribution in [0.2, 0.25) is 0 Å². The molecule has 0 saturated heterocycles. The fourth-order valence-corrected chi connectivity index (χ4v) is 2.86. The molecule has 3 rings (SSSR count). The third-order valence-electron chi connectivity index (χ3n) is 4.10. The molecule has 1 aliphatic heterocycles. The fraction of sp³-hybridized carbons (Fsp3) is 0.400. The Balaban J connectivity index is 1.89. The molecule has 25 heavy (non-hydrogen) atoms. The number of aryl methyl sites for hydroxylation is 2. The van der Waals surface area contributed by atoms with Crippen LogP contribution in [0.4, 0.5) is 15.8 Å². The molecule has 10 heteroatoms. The highest BCUT2D eigenvalue weighted by atomic mass is 19.1. The number of anilines is 1. The van der Waals surface area contributed by atoms with Crippen molar-refractivity contribution in [1.82, 2.24) is 20.1 Å². The van der Waals surface area contributed by atoms with Crippen LogP contribution in [0.5, 0.6) is 0 Å². The van der Waals surface area contributed by atoms with Crippen LogP contribution in [-0.2, 0) is 13.0 Å². The number of carbonyl (C=O) groups excluding carboxylic acids is 1. The average molecular weight is 348 g/mol. The third kappa shape index (κ3) is 3.14. The predicted octanol–water partition coefficient (Wildman–Crippen LogP) is 1.73. The summed E-state index contributed by atoms with van der Waals surface area (Å²) in [5, 5.41) is 18.0. The van der Waals surface area contributed by atoms with Crippen molar-refractivity contribution in [1.29, 1.82) is 0 Å². The maximum Gasteiger partial charge on any atom is 0.295 e. The standard InChI is InChI=1S/C15H17FN6O3/c1-2-12-19-14-10(4-3-5-21(14)20-12)18-15(23)9-6-8(16)7-11(13(9)17)22(24)25/h6-7,10H,2-5,17H2,1H3,(H,18,23). The number of nitrogen functional groups attached to an aromatic ring is 1. The number of aromatic nitrogens is 3. The van der Waals surface area contributed by atoms with Crippen LogP contribution < -0.4 is 11.1 Å². The predicted molar refractivity (Wildman–Crippen MR) is 86.3 cm³/mol. The Kier molecular flexibility index (Phi) is 4.34. The van der Waals surface area contributed by atoms with Gasteiger partial charge < -0.3 is 11.1 Å². The van der Waals surface area contributed by atoms with Gasteiger partial charge in [0.05, 0.1) is 22.6 Å². The molecule has 1 aromatic carbocycles. The number of nitro benzene ring substituents is 1. The second kappa shape index (κ2) is 6.46. The number of nitrogens with two attached hydrogens (primary N) is 1. The summed E-state index contributed by atoms with van der Waals surface area (Å²) >= 11 is 0. The number of benzene rings is 1. The highest BCUT2D eigenvalue weighted by molar-refractivity contribution is 6.01. The zero-order valence-electron chi connectivity index (χ0n) is 13.5. The minimum absolute atomic E-state index is 0.265. The molecule has 0 aliphatic carbocycles. The number of fused-ring (bicyclic) bond motifs is 1. The van der Waals surface area contributed by atoms with E-state index in [4.69, 9.17) is 5.73 Å². The van der Waals surface area contributed by atoms with Gasteiger partial charge in [-0.25, -0.2) is 14.1 Å². The van der Waals surface area contributed by atoms with E-state index in [1.807, 2.05) is 6.92 Å². The van der Waals surface area contributed by atoms with E-state index in [2.05, 4.69) is 15.4 Å². The molecule has 0 spiro atoms. The van der Waals surface area contributed by atoms with Crippen molar-refractivity contribution < 1.29 is 14.1 Å². The Bertz CT molecular complexity index is 850. The molecular weight excluding hydrogens is 331 g/mol. The molecule has 2 aromatic rings. The van der Waals surface area contributed by atoms with Crippen LogP contribution in [-0.4, -0.2) is 25.6 Å². The third-order valence-corrected chi connectivity index (χ3v) is 4.10. The second-order valence-electron chi connectivity index (χ2n) is 5.77. The van der Waals surface area contributed by atoms with E-state index in [9.17, 15) is 19.3 Å². The molecule has 1 unspecified atom stereocenters. The van der Waals surface area contributed by atoms with Gasteiger partial charge in [0.15, 0.2) is 5.82 Å². The maximum absolute atomic E-state index is 13.6. The second-order valence-corrected chi connectivity index (χ2v) is 5.77. The van der Waals surface area contributed by atoms with Crippen molar-refractivity contribution in [2.24, 2.45) is 0 Å². The lowest BCUT2D eigenvalue weighted by Gasteiger charge is -2.23. The Morgan fingerprint density at radius 2 is 2.32 bits per heavy atom. The van der Waals surface area contributed by atoms with Crippen molar-refractivity contribution >= 4 is 17.3 Å². The number of rotatable bonds is 4. The van der Waals surface area contributed by atoms with Crippen molar-refractivity contribution in [3.05, 3.63) is 45.3 Å². The molecule has 1 amide bonds. The van der Waals surface area contributed by atoms with E-state index < -0.39 is 28.4 Å². The van der Waals surface area contributed by atoms with Gasteiger partial charge in [-0.15, -0.1) is 0 Å². The largest absolute Gasteiger partial charge is 0.393 e. The number of hydrogen-bond acceptors (Lipinski definition) is 6. The van der Waals surface area contributed by atoms with Crippen molar-refractivity contribution in [2.75, 3.05) is 5.73 Å². The Morgan fingerprint density at radius 1 is 1.56 bits per heavy atom. The first-order valence-electron chi connectivity index (χ1n) is 7.88. The van der Waals surface area contributed by atoms with Gasteiger partial charge in [-0.2, -0.15) is 5.10 Å². The molecule has 1 atom stereocenters. The zero-order valence-corrected chi connectivity index (χ0v) is 13.5. The monoisotopic (exact) mass is 348 g/mol. The van der Waals surface area contributed by atoms with Gasteiger partial charge in [0.2, 0.25) is 0 Å². The lowest BCUT2D eigenvalue weighted by molar-refractivity contribution is -0.384. The number of nitrogens with one attached hydrogen (secondary N) is 1. The number of nitrogens with zero attached hydrogens (tertiary/aromatic N) is 4. The summed E-state index contributed by atoms with van der Waals surface area (Å²) in [7, 11) is 0. The average Bonchev–Trinajstić information content (AvgIpc) is 3.00. The van der Waals surface area contributed by atoms with Gasteiger partial charge in [0.25, 0.3) is 11.6 Å². The SMILES string of the molecule is CCc1nc2n(n1)CCCC2NC(=O)c1cc(F)cc([N+](=O)[O-])c1N. The molecule has 2 heterocycles. The fourth-order valence-electron chi connectivity index (χ4n) is 2.86. The Labute approximate surface area is 142 Å². The summed E-state index contributed by atoms with van der Waals surface area (Å²) in [6, 6.07) is 1.18. The number of carbonyl (C=O) groups is 1. The molecule has 0 radical (unpaired) electrons. The Hall–Kier alpha value is -3.04. The van der Waals surface area contributed by atoms with E-state index in [0.29, 0.717) is 37.1 Å². The summed E-state index contributed by atoms with van der Waals surface area (Å²) in [5.74, 6) is -0.274. The molecule has 1 aromatic heterocycles. The zero-order chi connectivity index (χ0) is 18.1. The van der Waals surface area contributed by atoms with Crippen LogP contribution in [0.15, 0.2) is 12.1 Å². The first-order valence-corrected chi connectivity index (χ1v) is 7.88. The van der Waals surface area contributed by atoms with Gasteiger partial charge in [-0.3, -0.25) is 14.9 Å². The topological polar surface area (TPSA) is 129 Å². The minimum atomic E-state index is -0.897. The highest BCUT2D eigenvalue weighted by Gasteiger charge is 2.28. The molecule has 9 nitrogen and oxygen atoms in total. The lowest BCUT2D eigenvalue weighted by atomic mass is 10.1. The summed E-state index contributed by atoms with van der Waals surface area (Å²) in [5.41, 5.74) is 4.41. The summed E-state index contributed by atoms with van der Waals surface area (Å²) in [6.45, 7) is 2.64. The van der Waals surface area contributed by atoms with Gasteiger partial charge >= 0.3 is 0 Å². The van der Waals surface area contributed by atoms with E-state index in [-0.39, 0.29) is 11.3 Å². The van der Waals surface area contributed by atoms with Crippen molar-refractivity contribution in [2.45, 2.75) is 38.8 Å². The normalized spacial score (nSPS) is 16.3. The van der Waals surface area contributed by atoms with E-state index in [0.717, 1.165) is 12.5 Å². The molecule has 0 bridgehead atoms. The van der Waals surface area contributed by atoms with E-state index >= 15 is 0 Å². The Morgan fingerprint density at radius 3 is 3.00 bits per heavy atom.